The number of hydrogen-bond acceptors (Lipinski definition) is 7. The summed E-state index contributed by atoms with van der Waals surface area (Å²) in [6.45, 7) is 3.16. The Kier molecular flexibility index (Phi) is 9.93. The predicted molar refractivity (Wildman–Crippen MR) is 171 cm³/mol. The molecule has 0 bridgehead atoms. The number of hydrogen-bond donors (Lipinski definition) is 2. The highest BCUT2D eigenvalue weighted by atomic mass is 35.5. The molecular formula is C31H27Cl3F3N3O5S. The van der Waals surface area contributed by atoms with Gasteiger partial charge in [-0.15, -0.1) is 11.3 Å². The fourth-order valence-corrected chi connectivity index (χ4v) is 7.34. The number of ether oxygens (including phenoxy) is 1. The monoisotopic (exact) mass is 715 g/mol. The van der Waals surface area contributed by atoms with Crippen molar-refractivity contribution < 1.29 is 37.1 Å². The van der Waals surface area contributed by atoms with Crippen molar-refractivity contribution in [3.63, 3.8) is 0 Å². The molecule has 2 amide bonds. The van der Waals surface area contributed by atoms with Gasteiger partial charge in [0.05, 0.1) is 32.9 Å². The number of carbonyl (C=O) groups is 3. The molecule has 1 unspecified atom stereocenters. The third-order valence-electron chi connectivity index (χ3n) is 7.76. The second-order valence-corrected chi connectivity index (χ2v) is 13.1. The number of halogens is 6. The number of aryl methyl sites for hydroxylation is 2. The van der Waals surface area contributed by atoms with Crippen LogP contribution < -0.4 is 10.6 Å². The number of fused-ring (bicyclic) bond motifs is 1. The first-order valence-electron chi connectivity index (χ1n) is 14.2. The standard InChI is InChI=1S/C31H27Cl3F3N3O5S/c1-3-44-24(41)14-38-28(43)25-19-6-4-5-7-23(19)46-29(25)39-27(42)18-9-8-16(10-15(18)2)22-13-30(45-40-22,31(35,36)37)17-11-20(32)26(34)21(33)12-17/h8-12H,3-7,13-14H2,1-2H3,(H,38,43)(H,39,42). The Labute approximate surface area is 281 Å². The summed E-state index contributed by atoms with van der Waals surface area (Å²) in [4.78, 5) is 44.5. The van der Waals surface area contributed by atoms with E-state index in [0.29, 0.717) is 28.1 Å². The van der Waals surface area contributed by atoms with Gasteiger partial charge in [-0.3, -0.25) is 14.4 Å². The van der Waals surface area contributed by atoms with Crippen LogP contribution in [0.1, 0.15) is 74.0 Å². The van der Waals surface area contributed by atoms with E-state index in [1.165, 1.54) is 29.5 Å². The molecule has 46 heavy (non-hydrogen) atoms. The highest BCUT2D eigenvalue weighted by Gasteiger charge is 2.62. The van der Waals surface area contributed by atoms with E-state index in [1.54, 1.807) is 13.8 Å². The second-order valence-electron chi connectivity index (χ2n) is 10.8. The minimum absolute atomic E-state index is 0.000988. The van der Waals surface area contributed by atoms with Gasteiger partial charge in [0.2, 0.25) is 0 Å². The summed E-state index contributed by atoms with van der Waals surface area (Å²) < 4.78 is 48.4. The smallest absolute Gasteiger partial charge is 0.435 e. The lowest BCUT2D eigenvalue weighted by atomic mass is 9.86. The van der Waals surface area contributed by atoms with Crippen LogP contribution in [0.25, 0.3) is 0 Å². The number of thiophene rings is 1. The molecular weight excluding hydrogens is 690 g/mol. The summed E-state index contributed by atoms with van der Waals surface area (Å²) in [6, 6.07) is 6.59. The second kappa shape index (κ2) is 13.4. The molecule has 2 aromatic carbocycles. The Morgan fingerprint density at radius 1 is 1.07 bits per heavy atom. The molecule has 2 heterocycles. The Bertz CT molecular complexity index is 1740. The van der Waals surface area contributed by atoms with E-state index in [2.05, 4.69) is 15.8 Å². The van der Waals surface area contributed by atoms with Crippen molar-refractivity contribution in [2.24, 2.45) is 5.16 Å². The molecule has 0 radical (unpaired) electrons. The quantitative estimate of drug-likeness (QED) is 0.182. The highest BCUT2D eigenvalue weighted by Crippen LogP contribution is 2.50. The van der Waals surface area contributed by atoms with Gasteiger partial charge in [-0.05, 0) is 80.5 Å². The molecule has 2 aliphatic rings. The third kappa shape index (κ3) is 6.58. The topological polar surface area (TPSA) is 106 Å². The van der Waals surface area contributed by atoms with E-state index in [0.717, 1.165) is 41.8 Å². The largest absolute Gasteiger partial charge is 0.465 e. The van der Waals surface area contributed by atoms with Gasteiger partial charge in [0, 0.05) is 22.4 Å². The van der Waals surface area contributed by atoms with E-state index in [9.17, 15) is 27.6 Å². The summed E-state index contributed by atoms with van der Waals surface area (Å²) in [5.41, 5.74) is -1.04. The lowest BCUT2D eigenvalue weighted by Crippen LogP contribution is -2.42. The maximum Gasteiger partial charge on any atom is 0.435 e. The average molecular weight is 717 g/mol. The van der Waals surface area contributed by atoms with Crippen molar-refractivity contribution in [3.05, 3.63) is 83.7 Å². The van der Waals surface area contributed by atoms with Crippen LogP contribution in [-0.4, -0.2) is 42.8 Å². The van der Waals surface area contributed by atoms with Crippen molar-refractivity contribution >= 4 is 74.6 Å². The van der Waals surface area contributed by atoms with Crippen LogP contribution >= 0.6 is 46.1 Å². The molecule has 0 fully saturated rings. The van der Waals surface area contributed by atoms with E-state index in [1.807, 2.05) is 0 Å². The zero-order valence-electron chi connectivity index (χ0n) is 24.5. The molecule has 2 N–H and O–H groups in total. The van der Waals surface area contributed by atoms with Crippen molar-refractivity contribution in [1.29, 1.82) is 0 Å². The van der Waals surface area contributed by atoms with E-state index < -0.39 is 36.0 Å². The Balaban J connectivity index is 1.38. The molecule has 1 aliphatic heterocycles. The highest BCUT2D eigenvalue weighted by molar-refractivity contribution is 7.17. The van der Waals surface area contributed by atoms with E-state index >= 15 is 0 Å². The number of esters is 1. The number of alkyl halides is 3. The first-order valence-corrected chi connectivity index (χ1v) is 16.2. The zero-order valence-corrected chi connectivity index (χ0v) is 27.6. The molecule has 1 aliphatic carbocycles. The summed E-state index contributed by atoms with van der Waals surface area (Å²) >= 11 is 19.3. The molecule has 5 rings (SSSR count). The SMILES string of the molecule is CCOC(=O)CNC(=O)c1c(NC(=O)c2ccc(C3=NOC(c4cc(Cl)c(Cl)c(Cl)c4)(C(F)(F)F)C3)cc2C)sc2c1CCCC2. The number of nitrogens with one attached hydrogen (secondary N) is 2. The average Bonchev–Trinajstić information content (AvgIpc) is 3.61. The number of rotatable bonds is 8. The summed E-state index contributed by atoms with van der Waals surface area (Å²) in [6.07, 6.45) is -2.31. The molecule has 244 valence electrons. The number of carbonyl (C=O) groups excluding carboxylic acids is 3. The maximum absolute atomic E-state index is 14.5. The minimum Gasteiger partial charge on any atom is -0.465 e. The van der Waals surface area contributed by atoms with Crippen molar-refractivity contribution in [1.82, 2.24) is 5.32 Å². The molecule has 8 nitrogen and oxygen atoms in total. The van der Waals surface area contributed by atoms with Gasteiger partial charge in [0.1, 0.15) is 11.5 Å². The maximum atomic E-state index is 14.5. The van der Waals surface area contributed by atoms with Gasteiger partial charge in [0.15, 0.2) is 0 Å². The molecule has 1 atom stereocenters. The number of oxime groups is 1. The molecule has 15 heteroatoms. The van der Waals surface area contributed by atoms with Crippen LogP contribution in [0.3, 0.4) is 0 Å². The van der Waals surface area contributed by atoms with Gasteiger partial charge in [0.25, 0.3) is 17.4 Å². The van der Waals surface area contributed by atoms with E-state index in [4.69, 9.17) is 44.4 Å². The fourth-order valence-electron chi connectivity index (χ4n) is 5.46. The third-order valence-corrected chi connectivity index (χ3v) is 10.2. The molecule has 3 aromatic rings. The Hall–Kier alpha value is -3.32. The van der Waals surface area contributed by atoms with Gasteiger partial charge in [-0.25, -0.2) is 0 Å². The molecule has 0 saturated carbocycles. The number of anilines is 1. The van der Waals surface area contributed by atoms with Crippen molar-refractivity contribution in [2.75, 3.05) is 18.5 Å². The normalized spacial score (nSPS) is 17.5. The molecule has 0 spiro atoms. The van der Waals surface area contributed by atoms with Crippen LogP contribution in [0.5, 0.6) is 0 Å². The summed E-state index contributed by atoms with van der Waals surface area (Å²) in [5, 5.41) is 9.14. The predicted octanol–water partition coefficient (Wildman–Crippen LogP) is 8.02. The molecule has 1 aromatic heterocycles. The van der Waals surface area contributed by atoms with Crippen molar-refractivity contribution in [3.8, 4) is 0 Å². The summed E-state index contributed by atoms with van der Waals surface area (Å²) in [7, 11) is 0. The number of amides is 2. The summed E-state index contributed by atoms with van der Waals surface area (Å²) in [5.74, 6) is -1.58. The minimum atomic E-state index is -4.90. The fraction of sp³-hybridized carbons (Fsp3) is 0.355. The number of benzene rings is 2. The first-order chi connectivity index (χ1) is 21.8. The zero-order chi connectivity index (χ0) is 33.4. The lowest BCUT2D eigenvalue weighted by Gasteiger charge is -2.30. The van der Waals surface area contributed by atoms with E-state index in [-0.39, 0.29) is 45.1 Å². The van der Waals surface area contributed by atoms with Crippen LogP contribution in [0.4, 0.5) is 18.2 Å². The van der Waals surface area contributed by atoms with Crippen molar-refractivity contribution in [2.45, 2.75) is 57.7 Å². The van der Waals surface area contributed by atoms with Gasteiger partial charge >= 0.3 is 12.1 Å². The van der Waals surface area contributed by atoms with Gasteiger partial charge in [-0.2, -0.15) is 13.2 Å². The Morgan fingerprint density at radius 3 is 2.41 bits per heavy atom. The first kappa shape index (κ1) is 34.0. The number of nitrogens with zero attached hydrogens (tertiary/aromatic N) is 1. The lowest BCUT2D eigenvalue weighted by molar-refractivity contribution is -0.275. The Morgan fingerprint density at radius 2 is 1.76 bits per heavy atom. The van der Waals surface area contributed by atoms with Crippen LogP contribution in [-0.2, 0) is 32.8 Å². The van der Waals surface area contributed by atoms with Crippen LogP contribution in [0, 0.1) is 6.92 Å². The van der Waals surface area contributed by atoms with Gasteiger partial charge in [-0.1, -0.05) is 46.0 Å². The van der Waals surface area contributed by atoms with Crippen LogP contribution in [0.15, 0.2) is 35.5 Å². The van der Waals surface area contributed by atoms with Gasteiger partial charge < -0.3 is 20.2 Å². The molecule has 0 saturated heterocycles. The van der Waals surface area contributed by atoms with Crippen LogP contribution in [0.2, 0.25) is 15.1 Å².